The van der Waals surface area contributed by atoms with Gasteiger partial charge < -0.3 is 5.32 Å². The van der Waals surface area contributed by atoms with E-state index in [0.29, 0.717) is 6.04 Å². The van der Waals surface area contributed by atoms with Crippen molar-refractivity contribution in [2.45, 2.75) is 45.6 Å². The maximum absolute atomic E-state index is 4.24. The summed E-state index contributed by atoms with van der Waals surface area (Å²) in [5.74, 6) is 0. The molecule has 1 aromatic heterocycles. The Labute approximate surface area is 128 Å². The number of hydrogen-bond donors (Lipinski definition) is 1. The predicted molar refractivity (Wildman–Crippen MR) is 88.5 cm³/mol. The smallest absolute Gasteiger partial charge is 0.0521 e. The Morgan fingerprint density at radius 1 is 1.19 bits per heavy atom. The van der Waals surface area contributed by atoms with E-state index >= 15 is 0 Å². The van der Waals surface area contributed by atoms with E-state index in [0.717, 1.165) is 19.4 Å². The van der Waals surface area contributed by atoms with Gasteiger partial charge in [0.25, 0.3) is 0 Å². The summed E-state index contributed by atoms with van der Waals surface area (Å²) in [5.41, 5.74) is 4.21. The Morgan fingerprint density at radius 2 is 1.95 bits per heavy atom. The van der Waals surface area contributed by atoms with Crippen molar-refractivity contribution in [2.75, 3.05) is 6.54 Å². The highest BCUT2D eigenvalue weighted by atomic mass is 15.2. The van der Waals surface area contributed by atoms with E-state index in [1.807, 2.05) is 17.9 Å². The normalized spacial score (nSPS) is 12.5. The molecule has 0 fully saturated rings. The van der Waals surface area contributed by atoms with Gasteiger partial charge in [-0.05, 0) is 55.8 Å². The van der Waals surface area contributed by atoms with Crippen LogP contribution in [0.5, 0.6) is 0 Å². The highest BCUT2D eigenvalue weighted by molar-refractivity contribution is 5.25. The van der Waals surface area contributed by atoms with Gasteiger partial charge in [0.1, 0.15) is 0 Å². The van der Waals surface area contributed by atoms with E-state index in [4.69, 9.17) is 0 Å². The van der Waals surface area contributed by atoms with Crippen LogP contribution in [0, 0.1) is 6.92 Å². The van der Waals surface area contributed by atoms with Crippen molar-refractivity contribution in [1.82, 2.24) is 15.1 Å². The van der Waals surface area contributed by atoms with Gasteiger partial charge in [0.2, 0.25) is 0 Å². The van der Waals surface area contributed by atoms with Gasteiger partial charge in [-0.1, -0.05) is 31.2 Å². The van der Waals surface area contributed by atoms with Crippen LogP contribution in [0.25, 0.3) is 0 Å². The monoisotopic (exact) mass is 285 g/mol. The van der Waals surface area contributed by atoms with Crippen molar-refractivity contribution >= 4 is 0 Å². The van der Waals surface area contributed by atoms with Crippen molar-refractivity contribution in [3.05, 3.63) is 53.3 Å². The van der Waals surface area contributed by atoms with Crippen molar-refractivity contribution in [3.8, 4) is 0 Å². The second-order valence-electron chi connectivity index (χ2n) is 5.78. The standard InChI is InChI=1S/C18H27N3/c1-4-19-18(11-9-16-13-20-21(3)14-16)12-10-17-8-6-5-7-15(17)2/h5-8,13-14,18-19H,4,9-12H2,1-3H3. The quantitative estimate of drug-likeness (QED) is 0.806. The van der Waals surface area contributed by atoms with Gasteiger partial charge in [-0.25, -0.2) is 0 Å². The molecule has 0 radical (unpaired) electrons. The zero-order chi connectivity index (χ0) is 15.1. The molecule has 3 heteroatoms. The molecular weight excluding hydrogens is 258 g/mol. The number of nitrogens with zero attached hydrogens (tertiary/aromatic N) is 2. The van der Waals surface area contributed by atoms with Gasteiger partial charge in [0, 0.05) is 19.3 Å². The lowest BCUT2D eigenvalue weighted by molar-refractivity contribution is 0.464. The Morgan fingerprint density at radius 3 is 2.62 bits per heavy atom. The molecule has 2 rings (SSSR count). The molecule has 3 nitrogen and oxygen atoms in total. The highest BCUT2D eigenvalue weighted by Crippen LogP contribution is 2.13. The average Bonchev–Trinajstić information content (AvgIpc) is 2.89. The molecule has 0 aliphatic rings. The van der Waals surface area contributed by atoms with E-state index < -0.39 is 0 Å². The summed E-state index contributed by atoms with van der Waals surface area (Å²) in [7, 11) is 1.98. The molecule has 1 heterocycles. The lowest BCUT2D eigenvalue weighted by atomic mass is 9.98. The fourth-order valence-corrected chi connectivity index (χ4v) is 2.80. The average molecular weight is 285 g/mol. The Balaban J connectivity index is 1.85. The fourth-order valence-electron chi connectivity index (χ4n) is 2.80. The predicted octanol–water partition coefficient (Wildman–Crippen LogP) is 3.27. The summed E-state index contributed by atoms with van der Waals surface area (Å²) in [5, 5.41) is 7.86. The van der Waals surface area contributed by atoms with Crippen LogP contribution in [-0.2, 0) is 19.9 Å². The molecule has 1 N–H and O–H groups in total. The first kappa shape index (κ1) is 15.8. The van der Waals surface area contributed by atoms with Crippen molar-refractivity contribution in [2.24, 2.45) is 7.05 Å². The summed E-state index contributed by atoms with van der Waals surface area (Å²) >= 11 is 0. The van der Waals surface area contributed by atoms with Crippen LogP contribution >= 0.6 is 0 Å². The van der Waals surface area contributed by atoms with E-state index in [1.54, 1.807) is 0 Å². The summed E-state index contributed by atoms with van der Waals surface area (Å²) in [6.45, 7) is 5.42. The molecule has 114 valence electrons. The maximum atomic E-state index is 4.24. The number of hydrogen-bond acceptors (Lipinski definition) is 2. The number of benzene rings is 1. The van der Waals surface area contributed by atoms with Crippen LogP contribution < -0.4 is 5.32 Å². The first-order valence-electron chi connectivity index (χ1n) is 7.94. The van der Waals surface area contributed by atoms with E-state index in [2.05, 4.69) is 54.7 Å². The minimum Gasteiger partial charge on any atom is -0.314 e. The van der Waals surface area contributed by atoms with Crippen LogP contribution in [0.4, 0.5) is 0 Å². The molecule has 0 saturated heterocycles. The molecule has 1 aromatic carbocycles. The molecule has 1 unspecified atom stereocenters. The summed E-state index contributed by atoms with van der Waals surface area (Å²) < 4.78 is 1.88. The number of nitrogens with one attached hydrogen (secondary N) is 1. The molecule has 0 bridgehead atoms. The van der Waals surface area contributed by atoms with Crippen LogP contribution in [0.2, 0.25) is 0 Å². The maximum Gasteiger partial charge on any atom is 0.0521 e. The Kier molecular flexibility index (Phi) is 6.00. The van der Waals surface area contributed by atoms with Gasteiger partial charge in [-0.3, -0.25) is 4.68 Å². The SMILES string of the molecule is CCNC(CCc1cnn(C)c1)CCc1ccccc1C. The second kappa shape index (κ2) is 7.99. The molecular formula is C18H27N3. The number of aromatic nitrogens is 2. The Bertz CT molecular complexity index is 545. The highest BCUT2D eigenvalue weighted by Gasteiger charge is 2.09. The van der Waals surface area contributed by atoms with Gasteiger partial charge >= 0.3 is 0 Å². The summed E-state index contributed by atoms with van der Waals surface area (Å²) in [6, 6.07) is 9.28. The van der Waals surface area contributed by atoms with E-state index in [9.17, 15) is 0 Å². The number of rotatable bonds is 8. The second-order valence-corrected chi connectivity index (χ2v) is 5.78. The molecule has 2 aromatic rings. The van der Waals surface area contributed by atoms with Gasteiger partial charge in [-0.2, -0.15) is 5.10 Å². The van der Waals surface area contributed by atoms with Crippen molar-refractivity contribution < 1.29 is 0 Å². The molecule has 21 heavy (non-hydrogen) atoms. The Hall–Kier alpha value is -1.61. The summed E-state index contributed by atoms with van der Waals surface area (Å²) in [4.78, 5) is 0. The van der Waals surface area contributed by atoms with Gasteiger partial charge in [0.05, 0.1) is 6.20 Å². The van der Waals surface area contributed by atoms with Crippen molar-refractivity contribution in [3.63, 3.8) is 0 Å². The van der Waals surface area contributed by atoms with Crippen molar-refractivity contribution in [1.29, 1.82) is 0 Å². The van der Waals surface area contributed by atoms with Crippen LogP contribution in [0.3, 0.4) is 0 Å². The molecule has 0 amide bonds. The third-order valence-corrected chi connectivity index (χ3v) is 4.06. The lowest BCUT2D eigenvalue weighted by Gasteiger charge is -2.18. The zero-order valence-electron chi connectivity index (χ0n) is 13.5. The van der Waals surface area contributed by atoms with E-state index in [1.165, 1.54) is 29.5 Å². The third kappa shape index (κ3) is 5.01. The fraction of sp³-hybridized carbons (Fsp3) is 0.500. The molecule has 0 saturated carbocycles. The summed E-state index contributed by atoms with van der Waals surface area (Å²) in [6.07, 6.45) is 8.70. The van der Waals surface area contributed by atoms with E-state index in [-0.39, 0.29) is 0 Å². The molecule has 0 spiro atoms. The minimum atomic E-state index is 0.579. The lowest BCUT2D eigenvalue weighted by Crippen LogP contribution is -2.30. The molecule has 1 atom stereocenters. The number of aryl methyl sites for hydroxylation is 4. The van der Waals surface area contributed by atoms with Gasteiger partial charge in [-0.15, -0.1) is 0 Å². The van der Waals surface area contributed by atoms with Crippen LogP contribution in [0.1, 0.15) is 36.5 Å². The molecule has 0 aliphatic heterocycles. The van der Waals surface area contributed by atoms with Crippen LogP contribution in [0.15, 0.2) is 36.7 Å². The van der Waals surface area contributed by atoms with Gasteiger partial charge in [0.15, 0.2) is 0 Å². The minimum absolute atomic E-state index is 0.579. The first-order chi connectivity index (χ1) is 10.2. The van der Waals surface area contributed by atoms with Crippen LogP contribution in [-0.4, -0.2) is 22.4 Å². The first-order valence-corrected chi connectivity index (χ1v) is 7.94. The topological polar surface area (TPSA) is 29.9 Å². The zero-order valence-corrected chi connectivity index (χ0v) is 13.5. The molecule has 0 aliphatic carbocycles. The largest absolute Gasteiger partial charge is 0.314 e. The third-order valence-electron chi connectivity index (χ3n) is 4.06.